The summed E-state index contributed by atoms with van der Waals surface area (Å²) in [6, 6.07) is 4.46. The molecule has 0 spiro atoms. The van der Waals surface area contributed by atoms with Gasteiger partial charge in [0.05, 0.1) is 17.9 Å². The molecule has 0 saturated carbocycles. The first-order valence-corrected chi connectivity index (χ1v) is 9.95. The van der Waals surface area contributed by atoms with Gasteiger partial charge in [0.1, 0.15) is 11.5 Å². The summed E-state index contributed by atoms with van der Waals surface area (Å²) in [6.07, 6.45) is 0. The maximum Gasteiger partial charge on any atom is 0.340 e. The van der Waals surface area contributed by atoms with E-state index in [0.717, 1.165) is 0 Å². The molecular weight excluding hydrogens is 389 g/mol. The minimum atomic E-state index is -0.447. The van der Waals surface area contributed by atoms with Gasteiger partial charge in [0.25, 0.3) is 5.91 Å². The van der Waals surface area contributed by atoms with Crippen LogP contribution < -0.4 is 4.90 Å². The summed E-state index contributed by atoms with van der Waals surface area (Å²) in [5, 5.41) is 0. The lowest BCUT2D eigenvalue weighted by molar-refractivity contribution is 0.0524. The second-order valence-corrected chi connectivity index (χ2v) is 7.35. The van der Waals surface area contributed by atoms with E-state index < -0.39 is 11.8 Å². The van der Waals surface area contributed by atoms with Crippen molar-refractivity contribution in [1.29, 1.82) is 0 Å². The highest BCUT2D eigenvalue weighted by atomic mass is 19.1. The van der Waals surface area contributed by atoms with Crippen molar-refractivity contribution in [2.75, 3.05) is 37.7 Å². The van der Waals surface area contributed by atoms with E-state index in [4.69, 9.17) is 4.74 Å². The highest BCUT2D eigenvalue weighted by Gasteiger charge is 2.28. The largest absolute Gasteiger partial charge is 0.462 e. The molecule has 1 N–H and O–H groups in total. The lowest BCUT2D eigenvalue weighted by atomic mass is 10.1. The number of rotatable bonds is 5. The third-order valence-electron chi connectivity index (χ3n) is 5.39. The van der Waals surface area contributed by atoms with Crippen LogP contribution in [0.2, 0.25) is 0 Å². The number of H-pyrrole nitrogens is 1. The predicted octanol–water partition coefficient (Wildman–Crippen LogP) is 3.11. The van der Waals surface area contributed by atoms with E-state index in [1.165, 1.54) is 13.0 Å². The van der Waals surface area contributed by atoms with Crippen LogP contribution in [0.15, 0.2) is 18.2 Å². The lowest BCUT2D eigenvalue weighted by Crippen LogP contribution is -2.49. The third kappa shape index (κ3) is 4.08. The van der Waals surface area contributed by atoms with Crippen molar-refractivity contribution in [3.63, 3.8) is 0 Å². The number of aryl methyl sites for hydroxylation is 1. The number of carbonyl (C=O) groups is 3. The van der Waals surface area contributed by atoms with Crippen LogP contribution >= 0.6 is 0 Å². The molecule has 0 bridgehead atoms. The number of carbonyl (C=O) groups excluding carboxylic acids is 3. The van der Waals surface area contributed by atoms with Gasteiger partial charge in [-0.1, -0.05) is 0 Å². The Morgan fingerprint density at radius 3 is 2.37 bits per heavy atom. The molecule has 0 atom stereocenters. The Morgan fingerprint density at radius 2 is 1.80 bits per heavy atom. The Morgan fingerprint density at radius 1 is 1.13 bits per heavy atom. The fraction of sp³-hybridized carbons (Fsp3) is 0.409. The van der Waals surface area contributed by atoms with Crippen molar-refractivity contribution in [3.8, 4) is 0 Å². The van der Waals surface area contributed by atoms with Gasteiger partial charge < -0.3 is 19.5 Å². The van der Waals surface area contributed by atoms with Crippen LogP contribution in [0.4, 0.5) is 10.1 Å². The number of benzene rings is 1. The van der Waals surface area contributed by atoms with E-state index in [2.05, 4.69) is 4.98 Å². The van der Waals surface area contributed by atoms with E-state index in [-0.39, 0.29) is 18.3 Å². The van der Waals surface area contributed by atoms with Crippen LogP contribution in [0.1, 0.15) is 56.3 Å². The summed E-state index contributed by atoms with van der Waals surface area (Å²) in [7, 11) is 0. The number of hydrogen-bond donors (Lipinski definition) is 1. The van der Waals surface area contributed by atoms with Gasteiger partial charge in [0.2, 0.25) is 0 Å². The summed E-state index contributed by atoms with van der Waals surface area (Å²) in [5.41, 5.74) is 2.70. The fourth-order valence-corrected chi connectivity index (χ4v) is 3.76. The Balaban J connectivity index is 1.71. The van der Waals surface area contributed by atoms with Crippen molar-refractivity contribution >= 4 is 23.3 Å². The first kappa shape index (κ1) is 21.5. The number of amides is 1. The average molecular weight is 415 g/mol. The van der Waals surface area contributed by atoms with Crippen LogP contribution in [0.3, 0.4) is 0 Å². The van der Waals surface area contributed by atoms with E-state index in [1.54, 1.807) is 37.8 Å². The second-order valence-electron chi connectivity index (χ2n) is 7.35. The lowest BCUT2D eigenvalue weighted by Gasteiger charge is -2.36. The molecule has 1 amide bonds. The van der Waals surface area contributed by atoms with Gasteiger partial charge in [-0.2, -0.15) is 0 Å². The van der Waals surface area contributed by atoms with Crippen molar-refractivity contribution in [2.24, 2.45) is 0 Å². The molecule has 7 nitrogen and oxygen atoms in total. The van der Waals surface area contributed by atoms with Crippen LogP contribution in [0.25, 0.3) is 0 Å². The standard InChI is InChI=1S/C22H26FN3O4/c1-5-30-22(29)19-13(2)20(24-14(19)3)21(28)26-10-8-25(9-11-26)18-7-6-16(15(4)27)12-17(18)23/h6-7,12,24H,5,8-11H2,1-4H3. The number of hydrogen-bond acceptors (Lipinski definition) is 5. The summed E-state index contributed by atoms with van der Waals surface area (Å²) < 4.78 is 19.5. The quantitative estimate of drug-likeness (QED) is 0.599. The van der Waals surface area contributed by atoms with Crippen LogP contribution in [-0.4, -0.2) is 60.3 Å². The number of anilines is 1. The first-order valence-electron chi connectivity index (χ1n) is 9.95. The fourth-order valence-electron chi connectivity index (χ4n) is 3.76. The number of ketones is 1. The van der Waals surface area contributed by atoms with Gasteiger partial charge in [-0.3, -0.25) is 9.59 Å². The minimum Gasteiger partial charge on any atom is -0.462 e. The Hall–Kier alpha value is -3.16. The van der Waals surface area contributed by atoms with Crippen LogP contribution in [0, 0.1) is 19.7 Å². The molecule has 160 valence electrons. The van der Waals surface area contributed by atoms with Crippen LogP contribution in [-0.2, 0) is 4.74 Å². The van der Waals surface area contributed by atoms with Crippen molar-refractivity contribution in [1.82, 2.24) is 9.88 Å². The second kappa shape index (κ2) is 8.69. The maximum atomic E-state index is 14.4. The smallest absolute Gasteiger partial charge is 0.340 e. The molecule has 0 unspecified atom stereocenters. The number of nitrogens with zero attached hydrogens (tertiary/aromatic N) is 2. The van der Waals surface area contributed by atoms with E-state index in [0.29, 0.717) is 59.9 Å². The topological polar surface area (TPSA) is 82.7 Å². The van der Waals surface area contributed by atoms with Crippen molar-refractivity contribution in [2.45, 2.75) is 27.7 Å². The van der Waals surface area contributed by atoms with Crippen LogP contribution in [0.5, 0.6) is 0 Å². The van der Waals surface area contributed by atoms with Crippen molar-refractivity contribution < 1.29 is 23.5 Å². The SMILES string of the molecule is CCOC(=O)c1c(C)[nH]c(C(=O)N2CCN(c3ccc(C(C)=O)cc3F)CC2)c1C. The normalized spacial score (nSPS) is 14.0. The molecule has 1 aromatic carbocycles. The molecule has 2 heterocycles. The molecule has 1 aliphatic heterocycles. The number of halogens is 1. The number of nitrogens with one attached hydrogen (secondary N) is 1. The number of aromatic amines is 1. The molecule has 0 radical (unpaired) electrons. The summed E-state index contributed by atoms with van der Waals surface area (Å²) in [4.78, 5) is 43.2. The zero-order chi connectivity index (χ0) is 22.0. The number of Topliss-reactive ketones (excluding diaryl/α,β-unsaturated/α-hetero) is 1. The zero-order valence-corrected chi connectivity index (χ0v) is 17.7. The highest BCUT2D eigenvalue weighted by molar-refractivity contribution is 6.00. The van der Waals surface area contributed by atoms with E-state index in [9.17, 15) is 18.8 Å². The molecule has 1 fully saturated rings. The summed E-state index contributed by atoms with van der Waals surface area (Å²) in [5.74, 6) is -1.28. The third-order valence-corrected chi connectivity index (χ3v) is 5.39. The Labute approximate surface area is 174 Å². The highest BCUT2D eigenvalue weighted by Crippen LogP contribution is 2.24. The van der Waals surface area contributed by atoms with E-state index >= 15 is 0 Å². The van der Waals surface area contributed by atoms with Crippen molar-refractivity contribution in [3.05, 3.63) is 52.1 Å². The van der Waals surface area contributed by atoms with Gasteiger partial charge in [-0.15, -0.1) is 0 Å². The summed E-state index contributed by atoms with van der Waals surface area (Å²) in [6.45, 7) is 8.62. The van der Waals surface area contributed by atoms with Gasteiger partial charge in [0.15, 0.2) is 5.78 Å². The molecule has 30 heavy (non-hydrogen) atoms. The molecule has 8 heteroatoms. The van der Waals surface area contributed by atoms with Gasteiger partial charge >= 0.3 is 5.97 Å². The molecule has 1 saturated heterocycles. The maximum absolute atomic E-state index is 14.4. The Kier molecular flexibility index (Phi) is 6.24. The van der Waals surface area contributed by atoms with Gasteiger partial charge in [-0.25, -0.2) is 9.18 Å². The molecule has 1 aliphatic rings. The zero-order valence-electron chi connectivity index (χ0n) is 17.7. The van der Waals surface area contributed by atoms with Gasteiger partial charge in [-0.05, 0) is 51.5 Å². The monoisotopic (exact) mass is 415 g/mol. The molecule has 2 aromatic rings. The predicted molar refractivity (Wildman–Crippen MR) is 111 cm³/mol. The number of piperazine rings is 1. The van der Waals surface area contributed by atoms with Gasteiger partial charge in [0, 0.05) is 37.4 Å². The molecule has 3 rings (SSSR count). The minimum absolute atomic E-state index is 0.185. The number of ether oxygens (including phenoxy) is 1. The van der Waals surface area contributed by atoms with E-state index in [1.807, 2.05) is 4.90 Å². The Bertz CT molecular complexity index is 991. The molecule has 0 aliphatic carbocycles. The summed E-state index contributed by atoms with van der Waals surface area (Å²) >= 11 is 0. The molecule has 1 aromatic heterocycles. The number of aromatic nitrogens is 1. The number of esters is 1. The molecular formula is C22H26FN3O4. The first-order chi connectivity index (χ1) is 14.2. The average Bonchev–Trinajstić information content (AvgIpc) is 3.01.